The van der Waals surface area contributed by atoms with E-state index in [4.69, 9.17) is 10.5 Å². The van der Waals surface area contributed by atoms with Gasteiger partial charge in [0.2, 0.25) is 0 Å². The van der Waals surface area contributed by atoms with E-state index < -0.39 is 0 Å². The van der Waals surface area contributed by atoms with E-state index in [0.717, 1.165) is 29.1 Å². The molecule has 2 N–H and O–H groups in total. The Hall–Kier alpha value is -2.60. The van der Waals surface area contributed by atoms with E-state index in [1.54, 1.807) is 12.1 Å². The predicted molar refractivity (Wildman–Crippen MR) is 84.0 cm³/mol. The SMILES string of the molecule is NCc1ccc2c(c1)OCCN2Cc1ccc([N+](=O)[O-])cc1. The molecular formula is C16H17N3O3. The number of nitrogens with two attached hydrogens (primary N) is 1. The first kappa shape index (κ1) is 14.3. The number of non-ortho nitro benzene ring substituents is 1. The summed E-state index contributed by atoms with van der Waals surface area (Å²) >= 11 is 0. The first-order valence-electron chi connectivity index (χ1n) is 7.11. The molecule has 0 amide bonds. The lowest BCUT2D eigenvalue weighted by atomic mass is 10.1. The second-order valence-corrected chi connectivity index (χ2v) is 5.20. The van der Waals surface area contributed by atoms with Crippen LogP contribution in [0.15, 0.2) is 42.5 Å². The number of nitrogens with zero attached hydrogens (tertiary/aromatic N) is 2. The second-order valence-electron chi connectivity index (χ2n) is 5.20. The highest BCUT2D eigenvalue weighted by Gasteiger charge is 2.18. The maximum absolute atomic E-state index is 10.7. The molecule has 0 spiro atoms. The molecule has 0 bridgehead atoms. The molecular weight excluding hydrogens is 282 g/mol. The minimum absolute atomic E-state index is 0.110. The molecule has 1 aliphatic heterocycles. The molecule has 2 aromatic carbocycles. The molecule has 22 heavy (non-hydrogen) atoms. The number of nitro groups is 1. The average Bonchev–Trinajstić information content (AvgIpc) is 2.55. The smallest absolute Gasteiger partial charge is 0.269 e. The van der Waals surface area contributed by atoms with Gasteiger partial charge in [-0.05, 0) is 23.3 Å². The molecule has 1 heterocycles. The molecule has 0 unspecified atom stereocenters. The van der Waals surface area contributed by atoms with Crippen molar-refractivity contribution in [2.75, 3.05) is 18.1 Å². The van der Waals surface area contributed by atoms with Crippen LogP contribution in [0.1, 0.15) is 11.1 Å². The lowest BCUT2D eigenvalue weighted by Gasteiger charge is -2.31. The molecule has 0 saturated carbocycles. The highest BCUT2D eigenvalue weighted by molar-refractivity contribution is 5.61. The van der Waals surface area contributed by atoms with Gasteiger partial charge in [-0.15, -0.1) is 0 Å². The van der Waals surface area contributed by atoms with Gasteiger partial charge in [0.15, 0.2) is 0 Å². The van der Waals surface area contributed by atoms with E-state index in [9.17, 15) is 10.1 Å². The van der Waals surface area contributed by atoms with E-state index in [1.165, 1.54) is 12.1 Å². The average molecular weight is 299 g/mol. The van der Waals surface area contributed by atoms with Crippen molar-refractivity contribution >= 4 is 11.4 Å². The number of fused-ring (bicyclic) bond motifs is 1. The van der Waals surface area contributed by atoms with Crippen LogP contribution < -0.4 is 15.4 Å². The van der Waals surface area contributed by atoms with Crippen LogP contribution in [0, 0.1) is 10.1 Å². The van der Waals surface area contributed by atoms with E-state index in [-0.39, 0.29) is 10.6 Å². The van der Waals surface area contributed by atoms with Gasteiger partial charge in [-0.1, -0.05) is 18.2 Å². The maximum atomic E-state index is 10.7. The van der Waals surface area contributed by atoms with Gasteiger partial charge in [0, 0.05) is 25.2 Å². The van der Waals surface area contributed by atoms with Crippen LogP contribution in [0.4, 0.5) is 11.4 Å². The normalized spacial score (nSPS) is 13.4. The Kier molecular flexibility index (Phi) is 3.93. The zero-order valence-electron chi connectivity index (χ0n) is 12.1. The highest BCUT2D eigenvalue weighted by Crippen LogP contribution is 2.33. The molecule has 6 heteroatoms. The van der Waals surface area contributed by atoms with Crippen molar-refractivity contribution < 1.29 is 9.66 Å². The van der Waals surface area contributed by atoms with Gasteiger partial charge < -0.3 is 15.4 Å². The Bertz CT molecular complexity index is 686. The minimum atomic E-state index is -0.387. The van der Waals surface area contributed by atoms with E-state index in [0.29, 0.717) is 19.7 Å². The maximum Gasteiger partial charge on any atom is 0.269 e. The summed E-state index contributed by atoms with van der Waals surface area (Å²) in [6.07, 6.45) is 0. The molecule has 114 valence electrons. The van der Waals surface area contributed by atoms with Crippen molar-refractivity contribution in [2.24, 2.45) is 5.73 Å². The molecule has 0 radical (unpaired) electrons. The molecule has 0 aliphatic carbocycles. The quantitative estimate of drug-likeness (QED) is 0.692. The van der Waals surface area contributed by atoms with Crippen molar-refractivity contribution in [1.82, 2.24) is 0 Å². The van der Waals surface area contributed by atoms with Gasteiger partial charge >= 0.3 is 0 Å². The number of anilines is 1. The molecule has 1 aliphatic rings. The monoisotopic (exact) mass is 299 g/mol. The Morgan fingerprint density at radius 3 is 2.59 bits per heavy atom. The number of rotatable bonds is 4. The number of hydrogen-bond acceptors (Lipinski definition) is 5. The van der Waals surface area contributed by atoms with Crippen LogP contribution in [-0.4, -0.2) is 18.1 Å². The number of hydrogen-bond donors (Lipinski definition) is 1. The fraction of sp³-hybridized carbons (Fsp3) is 0.250. The number of benzene rings is 2. The van der Waals surface area contributed by atoms with Gasteiger partial charge in [-0.2, -0.15) is 0 Å². The fourth-order valence-corrected chi connectivity index (χ4v) is 2.56. The summed E-state index contributed by atoms with van der Waals surface area (Å²) in [4.78, 5) is 12.5. The van der Waals surface area contributed by atoms with Crippen molar-refractivity contribution in [3.05, 3.63) is 63.7 Å². The standard InChI is InChI=1S/C16H17N3O3/c17-10-13-3-6-15-16(9-13)22-8-7-18(15)11-12-1-4-14(5-2-12)19(20)21/h1-6,9H,7-8,10-11,17H2. The topological polar surface area (TPSA) is 81.6 Å². The molecule has 0 aromatic heterocycles. The lowest BCUT2D eigenvalue weighted by molar-refractivity contribution is -0.384. The van der Waals surface area contributed by atoms with Gasteiger partial charge in [-0.25, -0.2) is 0 Å². The first-order chi connectivity index (χ1) is 10.7. The summed E-state index contributed by atoms with van der Waals surface area (Å²) in [7, 11) is 0. The number of ether oxygens (including phenoxy) is 1. The third kappa shape index (κ3) is 2.87. The van der Waals surface area contributed by atoms with Crippen LogP contribution in [0.2, 0.25) is 0 Å². The molecule has 0 fully saturated rings. The summed E-state index contributed by atoms with van der Waals surface area (Å²) in [5.41, 5.74) is 8.86. The van der Waals surface area contributed by atoms with E-state index >= 15 is 0 Å². The van der Waals surface area contributed by atoms with Crippen molar-refractivity contribution in [2.45, 2.75) is 13.1 Å². The summed E-state index contributed by atoms with van der Waals surface area (Å²) in [5, 5.41) is 10.7. The largest absolute Gasteiger partial charge is 0.490 e. The summed E-state index contributed by atoms with van der Waals surface area (Å²) in [6, 6.07) is 12.6. The third-order valence-electron chi connectivity index (χ3n) is 3.74. The molecule has 2 aromatic rings. The summed E-state index contributed by atoms with van der Waals surface area (Å²) < 4.78 is 5.70. The Balaban J connectivity index is 1.81. The van der Waals surface area contributed by atoms with Gasteiger partial charge in [0.25, 0.3) is 5.69 Å². The Labute approximate surface area is 128 Å². The minimum Gasteiger partial charge on any atom is -0.490 e. The van der Waals surface area contributed by atoms with Gasteiger partial charge in [0.1, 0.15) is 12.4 Å². The van der Waals surface area contributed by atoms with Gasteiger partial charge in [0.05, 0.1) is 17.2 Å². The third-order valence-corrected chi connectivity index (χ3v) is 3.74. The Morgan fingerprint density at radius 1 is 1.18 bits per heavy atom. The molecule has 3 rings (SSSR count). The Morgan fingerprint density at radius 2 is 1.91 bits per heavy atom. The number of nitro benzene ring substituents is 1. The van der Waals surface area contributed by atoms with Crippen LogP contribution in [0.3, 0.4) is 0 Å². The zero-order valence-corrected chi connectivity index (χ0v) is 12.1. The van der Waals surface area contributed by atoms with E-state index in [2.05, 4.69) is 4.90 Å². The van der Waals surface area contributed by atoms with Crippen LogP contribution in [-0.2, 0) is 13.1 Å². The van der Waals surface area contributed by atoms with Crippen molar-refractivity contribution in [3.63, 3.8) is 0 Å². The predicted octanol–water partition coefficient (Wildman–Crippen LogP) is 2.45. The second kappa shape index (κ2) is 6.03. The zero-order chi connectivity index (χ0) is 15.5. The van der Waals surface area contributed by atoms with Crippen molar-refractivity contribution in [1.29, 1.82) is 0 Å². The summed E-state index contributed by atoms with van der Waals surface area (Å²) in [6.45, 7) is 2.58. The molecule has 0 atom stereocenters. The van der Waals surface area contributed by atoms with Crippen LogP contribution in [0.25, 0.3) is 0 Å². The highest BCUT2D eigenvalue weighted by atomic mass is 16.6. The lowest BCUT2D eigenvalue weighted by Crippen LogP contribution is -2.32. The van der Waals surface area contributed by atoms with Crippen molar-refractivity contribution in [3.8, 4) is 5.75 Å². The molecule has 6 nitrogen and oxygen atoms in total. The first-order valence-corrected chi connectivity index (χ1v) is 7.11. The fourth-order valence-electron chi connectivity index (χ4n) is 2.56. The molecule has 0 saturated heterocycles. The van der Waals surface area contributed by atoms with Crippen LogP contribution >= 0.6 is 0 Å². The van der Waals surface area contributed by atoms with E-state index in [1.807, 2.05) is 18.2 Å². The summed E-state index contributed by atoms with van der Waals surface area (Å²) in [5.74, 6) is 0.844. The van der Waals surface area contributed by atoms with Gasteiger partial charge in [-0.3, -0.25) is 10.1 Å². The van der Waals surface area contributed by atoms with Crippen LogP contribution in [0.5, 0.6) is 5.75 Å².